The molecule has 1 fully saturated rings. The second kappa shape index (κ2) is 7.42. The summed E-state index contributed by atoms with van der Waals surface area (Å²) in [4.78, 5) is 15.4. The van der Waals surface area contributed by atoms with Crippen molar-refractivity contribution < 1.29 is 0 Å². The molecular weight excluding hydrogens is 326 g/mol. The van der Waals surface area contributed by atoms with Crippen molar-refractivity contribution in [1.29, 1.82) is 5.26 Å². The van der Waals surface area contributed by atoms with Crippen molar-refractivity contribution in [2.75, 3.05) is 13.1 Å². The summed E-state index contributed by atoms with van der Waals surface area (Å²) in [6, 6.07) is 9.99. The van der Waals surface area contributed by atoms with E-state index in [2.05, 4.69) is 36.1 Å². The van der Waals surface area contributed by atoms with Crippen LogP contribution in [0.4, 0.5) is 0 Å². The standard InChI is InChI=1S/C19H19N7/c20-11-14-1-3-15(4-2-14)13-26-9-5-16(6-10-26)18-23-19(25-24-18)17-12-21-7-8-22-17/h1-4,7-8,12,16H,5-6,9-10,13H2,(H,23,24,25). The molecule has 130 valence electrons. The topological polar surface area (TPSA) is 94.4 Å². The number of aromatic nitrogens is 5. The van der Waals surface area contributed by atoms with Crippen LogP contribution in [0.3, 0.4) is 0 Å². The van der Waals surface area contributed by atoms with E-state index in [0.717, 1.165) is 38.3 Å². The Balaban J connectivity index is 1.35. The van der Waals surface area contributed by atoms with Crippen LogP contribution in [0.5, 0.6) is 0 Å². The maximum atomic E-state index is 8.88. The monoisotopic (exact) mass is 345 g/mol. The molecule has 26 heavy (non-hydrogen) atoms. The van der Waals surface area contributed by atoms with Crippen LogP contribution in [0.15, 0.2) is 42.9 Å². The highest BCUT2D eigenvalue weighted by molar-refractivity contribution is 5.46. The zero-order valence-corrected chi connectivity index (χ0v) is 14.3. The summed E-state index contributed by atoms with van der Waals surface area (Å²) in [5.41, 5.74) is 2.64. The average molecular weight is 345 g/mol. The fraction of sp³-hybridized carbons (Fsp3) is 0.316. The average Bonchev–Trinajstić information content (AvgIpc) is 3.20. The van der Waals surface area contributed by atoms with Crippen molar-refractivity contribution in [2.24, 2.45) is 0 Å². The fourth-order valence-electron chi connectivity index (χ4n) is 3.29. The van der Waals surface area contributed by atoms with Gasteiger partial charge in [0.25, 0.3) is 0 Å². The van der Waals surface area contributed by atoms with Gasteiger partial charge in [-0.2, -0.15) is 10.4 Å². The molecule has 1 saturated heterocycles. The van der Waals surface area contributed by atoms with E-state index in [9.17, 15) is 0 Å². The van der Waals surface area contributed by atoms with Gasteiger partial charge < -0.3 is 0 Å². The van der Waals surface area contributed by atoms with Gasteiger partial charge in [-0.15, -0.1) is 0 Å². The normalized spacial score (nSPS) is 15.7. The molecule has 0 atom stereocenters. The Labute approximate surface area is 151 Å². The van der Waals surface area contributed by atoms with Gasteiger partial charge in [-0.25, -0.2) is 9.97 Å². The molecule has 4 rings (SSSR count). The largest absolute Gasteiger partial charge is 0.299 e. The number of nitrogens with zero attached hydrogens (tertiary/aromatic N) is 6. The van der Waals surface area contributed by atoms with Crippen LogP contribution < -0.4 is 0 Å². The van der Waals surface area contributed by atoms with Crippen LogP contribution in [0, 0.1) is 11.3 Å². The third-order valence-corrected chi connectivity index (χ3v) is 4.76. The van der Waals surface area contributed by atoms with Crippen molar-refractivity contribution in [3.63, 3.8) is 0 Å². The van der Waals surface area contributed by atoms with Crippen molar-refractivity contribution in [2.45, 2.75) is 25.3 Å². The van der Waals surface area contributed by atoms with Gasteiger partial charge in [-0.1, -0.05) is 12.1 Å². The van der Waals surface area contributed by atoms with E-state index >= 15 is 0 Å². The van der Waals surface area contributed by atoms with Gasteiger partial charge in [0.1, 0.15) is 11.5 Å². The van der Waals surface area contributed by atoms with Crippen LogP contribution in [0.25, 0.3) is 11.5 Å². The van der Waals surface area contributed by atoms with E-state index in [-0.39, 0.29) is 0 Å². The first-order valence-corrected chi connectivity index (χ1v) is 8.72. The number of hydrogen-bond donors (Lipinski definition) is 1. The van der Waals surface area contributed by atoms with E-state index in [0.29, 0.717) is 23.0 Å². The Morgan fingerprint density at radius 3 is 2.65 bits per heavy atom. The molecule has 0 unspecified atom stereocenters. The third kappa shape index (κ3) is 3.60. The summed E-state index contributed by atoms with van der Waals surface area (Å²) >= 11 is 0. The zero-order valence-electron chi connectivity index (χ0n) is 14.3. The van der Waals surface area contributed by atoms with E-state index in [1.54, 1.807) is 18.6 Å². The lowest BCUT2D eigenvalue weighted by atomic mass is 9.96. The lowest BCUT2D eigenvalue weighted by Crippen LogP contribution is -2.32. The summed E-state index contributed by atoms with van der Waals surface area (Å²) in [5.74, 6) is 1.93. The van der Waals surface area contributed by atoms with E-state index < -0.39 is 0 Å². The fourth-order valence-corrected chi connectivity index (χ4v) is 3.29. The number of H-pyrrole nitrogens is 1. The van der Waals surface area contributed by atoms with E-state index in [4.69, 9.17) is 5.26 Å². The molecule has 0 amide bonds. The van der Waals surface area contributed by atoms with Crippen molar-refractivity contribution >= 4 is 0 Å². The van der Waals surface area contributed by atoms with Crippen molar-refractivity contribution in [1.82, 2.24) is 30.0 Å². The molecule has 7 heteroatoms. The molecule has 0 bridgehead atoms. The maximum Gasteiger partial charge on any atom is 0.201 e. The number of nitrogens with one attached hydrogen (secondary N) is 1. The molecular formula is C19H19N7. The predicted molar refractivity (Wildman–Crippen MR) is 95.8 cm³/mol. The number of aromatic amines is 1. The molecule has 3 heterocycles. The zero-order chi connectivity index (χ0) is 17.8. The van der Waals surface area contributed by atoms with E-state index in [1.165, 1.54) is 5.56 Å². The summed E-state index contributed by atoms with van der Waals surface area (Å²) in [7, 11) is 0. The minimum atomic E-state index is 0.394. The van der Waals surface area contributed by atoms with Gasteiger partial charge in [0.15, 0.2) is 0 Å². The molecule has 2 aromatic heterocycles. The second-order valence-corrected chi connectivity index (χ2v) is 6.49. The SMILES string of the molecule is N#Cc1ccc(CN2CCC(c3nc(-c4cnccn4)n[nH]3)CC2)cc1. The lowest BCUT2D eigenvalue weighted by Gasteiger charge is -2.30. The molecule has 3 aromatic rings. The Bertz CT molecular complexity index is 888. The number of likely N-dealkylation sites (tertiary alicyclic amines) is 1. The Kier molecular flexibility index (Phi) is 4.67. The Morgan fingerprint density at radius 2 is 1.96 bits per heavy atom. The molecule has 1 aromatic carbocycles. The highest BCUT2D eigenvalue weighted by Crippen LogP contribution is 2.27. The quantitative estimate of drug-likeness (QED) is 0.781. The van der Waals surface area contributed by atoms with Crippen LogP contribution >= 0.6 is 0 Å². The van der Waals surface area contributed by atoms with Gasteiger partial charge in [-0.05, 0) is 43.6 Å². The van der Waals surface area contributed by atoms with Gasteiger partial charge in [0.2, 0.25) is 5.82 Å². The first kappa shape index (κ1) is 16.4. The molecule has 1 aliphatic rings. The number of hydrogen-bond acceptors (Lipinski definition) is 6. The molecule has 1 N–H and O–H groups in total. The first-order valence-electron chi connectivity index (χ1n) is 8.72. The minimum Gasteiger partial charge on any atom is -0.299 e. The number of piperidine rings is 1. The Hall–Kier alpha value is -3.11. The number of benzene rings is 1. The molecule has 1 aliphatic heterocycles. The summed E-state index contributed by atoms with van der Waals surface area (Å²) in [6.45, 7) is 2.96. The molecule has 0 aliphatic carbocycles. The number of rotatable bonds is 4. The van der Waals surface area contributed by atoms with Crippen LogP contribution in [-0.2, 0) is 6.54 Å². The van der Waals surface area contributed by atoms with Gasteiger partial charge >= 0.3 is 0 Å². The summed E-state index contributed by atoms with van der Waals surface area (Å²) in [5, 5.41) is 16.2. The van der Waals surface area contributed by atoms with Gasteiger partial charge in [-0.3, -0.25) is 15.0 Å². The van der Waals surface area contributed by atoms with Crippen LogP contribution in [0.2, 0.25) is 0 Å². The predicted octanol–water partition coefficient (Wildman–Crippen LogP) is 2.51. The van der Waals surface area contributed by atoms with Crippen LogP contribution in [0.1, 0.15) is 35.7 Å². The maximum absolute atomic E-state index is 8.88. The smallest absolute Gasteiger partial charge is 0.201 e. The molecule has 0 radical (unpaired) electrons. The number of nitriles is 1. The van der Waals surface area contributed by atoms with Gasteiger partial charge in [0.05, 0.1) is 17.8 Å². The van der Waals surface area contributed by atoms with Gasteiger partial charge in [0, 0.05) is 24.9 Å². The third-order valence-electron chi connectivity index (χ3n) is 4.76. The summed E-state index contributed by atoms with van der Waals surface area (Å²) in [6.07, 6.45) is 7.05. The van der Waals surface area contributed by atoms with Crippen molar-refractivity contribution in [3.8, 4) is 17.6 Å². The minimum absolute atomic E-state index is 0.394. The van der Waals surface area contributed by atoms with Crippen molar-refractivity contribution in [3.05, 3.63) is 59.8 Å². The lowest BCUT2D eigenvalue weighted by molar-refractivity contribution is 0.202. The highest BCUT2D eigenvalue weighted by atomic mass is 15.2. The summed E-state index contributed by atoms with van der Waals surface area (Å²) < 4.78 is 0. The molecule has 7 nitrogen and oxygen atoms in total. The second-order valence-electron chi connectivity index (χ2n) is 6.49. The molecule has 0 saturated carbocycles. The molecule has 0 spiro atoms. The highest BCUT2D eigenvalue weighted by Gasteiger charge is 2.23. The van der Waals surface area contributed by atoms with Crippen LogP contribution in [-0.4, -0.2) is 43.1 Å². The first-order chi connectivity index (χ1) is 12.8. The Morgan fingerprint density at radius 1 is 1.15 bits per heavy atom. The van der Waals surface area contributed by atoms with E-state index in [1.807, 2.05) is 24.3 Å².